The van der Waals surface area contributed by atoms with Gasteiger partial charge in [-0.3, -0.25) is 4.79 Å². The Kier molecular flexibility index (Phi) is 5.61. The summed E-state index contributed by atoms with van der Waals surface area (Å²) in [6.45, 7) is 7.56. The zero-order valence-corrected chi connectivity index (χ0v) is 12.1. The van der Waals surface area contributed by atoms with E-state index < -0.39 is 26.5 Å². The molecule has 0 aliphatic rings. The molecule has 0 aromatic heterocycles. The molecule has 0 spiro atoms. The van der Waals surface area contributed by atoms with Gasteiger partial charge < -0.3 is 11.1 Å². The summed E-state index contributed by atoms with van der Waals surface area (Å²) in [4.78, 5) is 11.8. The summed E-state index contributed by atoms with van der Waals surface area (Å²) in [6.07, 6.45) is 1.77. The third-order valence-electron chi connectivity index (χ3n) is 2.75. The van der Waals surface area contributed by atoms with Gasteiger partial charge >= 0.3 is 0 Å². The van der Waals surface area contributed by atoms with Crippen LogP contribution in [0.3, 0.4) is 0 Å². The van der Waals surface area contributed by atoms with Crippen molar-refractivity contribution >= 4 is 15.7 Å². The van der Waals surface area contributed by atoms with E-state index in [2.05, 4.69) is 5.32 Å². The van der Waals surface area contributed by atoms with Crippen molar-refractivity contribution in [2.75, 3.05) is 12.8 Å². The van der Waals surface area contributed by atoms with Crippen molar-refractivity contribution in [1.29, 1.82) is 0 Å². The first-order valence-electron chi connectivity index (χ1n) is 5.73. The van der Waals surface area contributed by atoms with Gasteiger partial charge in [0, 0.05) is 18.3 Å². The van der Waals surface area contributed by atoms with Gasteiger partial charge in [-0.25, -0.2) is 8.42 Å². The van der Waals surface area contributed by atoms with Crippen LogP contribution in [0.1, 0.15) is 34.1 Å². The van der Waals surface area contributed by atoms with E-state index in [-0.39, 0.29) is 6.54 Å². The Bertz CT molecular complexity index is 365. The van der Waals surface area contributed by atoms with Crippen LogP contribution in [-0.4, -0.2) is 37.9 Å². The highest BCUT2D eigenvalue weighted by Crippen LogP contribution is 2.16. The first-order chi connectivity index (χ1) is 7.52. The third-order valence-corrected chi connectivity index (χ3v) is 4.24. The maximum atomic E-state index is 11.8. The largest absolute Gasteiger partial charge is 0.349 e. The fraction of sp³-hybridized carbons (Fsp3) is 0.909. The summed E-state index contributed by atoms with van der Waals surface area (Å²) in [6, 6.07) is 0. The van der Waals surface area contributed by atoms with Crippen LogP contribution in [0.4, 0.5) is 0 Å². The van der Waals surface area contributed by atoms with Gasteiger partial charge in [-0.15, -0.1) is 0 Å². The maximum absolute atomic E-state index is 11.8. The molecule has 0 aromatic rings. The smallest absolute Gasteiger partial charge is 0.238 e. The number of rotatable bonds is 6. The molecule has 0 heterocycles. The van der Waals surface area contributed by atoms with Crippen LogP contribution in [0, 0.1) is 5.92 Å². The zero-order valence-electron chi connectivity index (χ0n) is 11.3. The predicted molar refractivity (Wildman–Crippen MR) is 69.4 cm³/mol. The number of hydrogen-bond donors (Lipinski definition) is 2. The van der Waals surface area contributed by atoms with Gasteiger partial charge in [0.05, 0.1) is 0 Å². The monoisotopic (exact) mass is 264 g/mol. The second-order valence-corrected chi connectivity index (χ2v) is 7.69. The molecule has 3 N–H and O–H groups in total. The van der Waals surface area contributed by atoms with Crippen molar-refractivity contribution < 1.29 is 13.2 Å². The predicted octanol–water partition coefficient (Wildman–Crippen LogP) is 0.299. The molecule has 1 amide bonds. The van der Waals surface area contributed by atoms with Crippen LogP contribution < -0.4 is 11.1 Å². The highest BCUT2D eigenvalue weighted by molar-refractivity contribution is 7.92. The van der Waals surface area contributed by atoms with E-state index in [0.717, 1.165) is 6.26 Å². The summed E-state index contributed by atoms with van der Waals surface area (Å²) in [5.74, 6) is -0.113. The van der Waals surface area contributed by atoms with Crippen molar-refractivity contribution in [1.82, 2.24) is 5.32 Å². The summed E-state index contributed by atoms with van der Waals surface area (Å²) < 4.78 is 22.6. The maximum Gasteiger partial charge on any atom is 0.238 e. The number of hydrogen-bond acceptors (Lipinski definition) is 4. The first-order valence-corrected chi connectivity index (χ1v) is 7.68. The second-order valence-electron chi connectivity index (χ2n) is 5.32. The molecule has 0 aliphatic carbocycles. The lowest BCUT2D eigenvalue weighted by atomic mass is 9.90. The normalized spacial score (nSPS) is 17.6. The summed E-state index contributed by atoms with van der Waals surface area (Å²) in [7, 11) is -3.36. The van der Waals surface area contributed by atoms with Gasteiger partial charge in [-0.1, -0.05) is 13.8 Å². The molecule has 17 heavy (non-hydrogen) atoms. The van der Waals surface area contributed by atoms with Crippen LogP contribution in [0.25, 0.3) is 0 Å². The van der Waals surface area contributed by atoms with Gasteiger partial charge in [0.25, 0.3) is 0 Å². The molecule has 5 nitrogen and oxygen atoms in total. The van der Waals surface area contributed by atoms with Crippen molar-refractivity contribution in [2.24, 2.45) is 11.7 Å². The molecule has 6 heteroatoms. The minimum absolute atomic E-state index is 0.285. The average Bonchev–Trinajstić information content (AvgIpc) is 2.13. The van der Waals surface area contributed by atoms with E-state index in [1.165, 1.54) is 6.92 Å². The lowest BCUT2D eigenvalue weighted by molar-refractivity contribution is -0.122. The molecule has 0 bridgehead atoms. The molecule has 0 aliphatic heterocycles. The number of carbonyl (C=O) groups is 1. The molecular weight excluding hydrogens is 240 g/mol. The highest BCUT2D eigenvalue weighted by Gasteiger charge is 2.31. The first kappa shape index (κ1) is 16.4. The summed E-state index contributed by atoms with van der Waals surface area (Å²) in [5, 5.41) is 1.70. The highest BCUT2D eigenvalue weighted by atomic mass is 32.2. The van der Waals surface area contributed by atoms with E-state index in [4.69, 9.17) is 5.73 Å². The standard InChI is InChI=1S/C11H24N2O3S/c1-8(2)6-11(4,7-12)13-10(14)9(3)17(5,15)16/h8-9H,6-7,12H2,1-5H3,(H,13,14). The fourth-order valence-electron chi connectivity index (χ4n) is 1.68. The van der Waals surface area contributed by atoms with Gasteiger partial charge in [0.15, 0.2) is 9.84 Å². The Hall–Kier alpha value is -0.620. The molecular formula is C11H24N2O3S. The third kappa shape index (κ3) is 5.50. The average molecular weight is 264 g/mol. The van der Waals surface area contributed by atoms with E-state index >= 15 is 0 Å². The second kappa shape index (κ2) is 5.82. The van der Waals surface area contributed by atoms with Crippen molar-refractivity contribution in [2.45, 2.75) is 44.9 Å². The number of carbonyl (C=O) groups excluding carboxylic acids is 1. The fourth-order valence-corrected chi connectivity index (χ4v) is 2.13. The Morgan fingerprint density at radius 2 is 1.82 bits per heavy atom. The van der Waals surface area contributed by atoms with Crippen molar-refractivity contribution in [3.05, 3.63) is 0 Å². The zero-order chi connectivity index (χ0) is 13.9. The van der Waals surface area contributed by atoms with Crippen LogP contribution in [0.5, 0.6) is 0 Å². The van der Waals surface area contributed by atoms with Crippen LogP contribution >= 0.6 is 0 Å². The molecule has 0 radical (unpaired) electrons. The summed E-state index contributed by atoms with van der Waals surface area (Å²) in [5.41, 5.74) is 5.10. The van der Waals surface area contributed by atoms with Gasteiger partial charge in [-0.05, 0) is 26.2 Å². The minimum Gasteiger partial charge on any atom is -0.349 e. The number of nitrogens with two attached hydrogens (primary N) is 1. The van der Waals surface area contributed by atoms with Crippen LogP contribution in [0.15, 0.2) is 0 Å². The quantitative estimate of drug-likeness (QED) is 0.722. The van der Waals surface area contributed by atoms with Crippen molar-refractivity contribution in [3.8, 4) is 0 Å². The number of nitrogens with one attached hydrogen (secondary N) is 1. The molecule has 2 atom stereocenters. The van der Waals surface area contributed by atoms with Crippen LogP contribution in [0.2, 0.25) is 0 Å². The lowest BCUT2D eigenvalue weighted by Crippen LogP contribution is -2.55. The van der Waals surface area contributed by atoms with E-state index in [1.807, 2.05) is 20.8 Å². The van der Waals surface area contributed by atoms with Gasteiger partial charge in [0.1, 0.15) is 5.25 Å². The molecule has 0 rings (SSSR count). The van der Waals surface area contributed by atoms with Crippen molar-refractivity contribution in [3.63, 3.8) is 0 Å². The molecule has 0 aromatic carbocycles. The van der Waals surface area contributed by atoms with E-state index in [9.17, 15) is 13.2 Å². The van der Waals surface area contributed by atoms with Crippen LogP contribution in [-0.2, 0) is 14.6 Å². The number of sulfone groups is 1. The number of amides is 1. The van der Waals surface area contributed by atoms with Gasteiger partial charge in [-0.2, -0.15) is 0 Å². The molecule has 2 unspecified atom stereocenters. The molecule has 0 fully saturated rings. The van der Waals surface area contributed by atoms with Gasteiger partial charge in [0.2, 0.25) is 5.91 Å². The molecule has 0 saturated carbocycles. The Morgan fingerprint density at radius 1 is 1.35 bits per heavy atom. The van der Waals surface area contributed by atoms with E-state index in [0.29, 0.717) is 12.3 Å². The SMILES string of the molecule is CC(C)CC(C)(CN)NC(=O)C(C)S(C)(=O)=O. The Labute approximate surface area is 104 Å². The Morgan fingerprint density at radius 3 is 2.12 bits per heavy atom. The lowest BCUT2D eigenvalue weighted by Gasteiger charge is -2.32. The Balaban J connectivity index is 4.75. The van der Waals surface area contributed by atoms with E-state index in [1.54, 1.807) is 0 Å². The molecule has 102 valence electrons. The summed E-state index contributed by atoms with van der Waals surface area (Å²) >= 11 is 0. The minimum atomic E-state index is -3.36. The topological polar surface area (TPSA) is 89.3 Å². The molecule has 0 saturated heterocycles.